The fourth-order valence-electron chi connectivity index (χ4n) is 1.51. The van der Waals surface area contributed by atoms with E-state index in [0.29, 0.717) is 0 Å². The maximum Gasteiger partial charge on any atom is 0.282 e. The van der Waals surface area contributed by atoms with E-state index in [2.05, 4.69) is 13.0 Å². The standard InChI is InChI=1S/C11H12O2/c1-2-3-8-4-5-9-7-11(12)13-10(9)6-8/h4-7,12H,2-3H2,1H3. The number of hydrogen-bond donors (Lipinski definition) is 1. The van der Waals surface area contributed by atoms with Gasteiger partial charge < -0.3 is 9.52 Å². The van der Waals surface area contributed by atoms with E-state index in [-0.39, 0.29) is 5.95 Å². The Morgan fingerprint density at radius 1 is 1.31 bits per heavy atom. The number of aromatic hydroxyl groups is 1. The van der Waals surface area contributed by atoms with Crippen LogP contribution in [0, 0.1) is 0 Å². The average molecular weight is 176 g/mol. The first-order valence-electron chi connectivity index (χ1n) is 4.51. The molecular formula is C11H12O2. The largest absolute Gasteiger partial charge is 0.481 e. The van der Waals surface area contributed by atoms with E-state index in [1.807, 2.05) is 12.1 Å². The summed E-state index contributed by atoms with van der Waals surface area (Å²) >= 11 is 0. The highest BCUT2D eigenvalue weighted by Gasteiger charge is 2.02. The van der Waals surface area contributed by atoms with Gasteiger partial charge in [-0.3, -0.25) is 0 Å². The maximum absolute atomic E-state index is 9.11. The van der Waals surface area contributed by atoms with Crippen molar-refractivity contribution in [3.8, 4) is 5.95 Å². The topological polar surface area (TPSA) is 33.4 Å². The lowest BCUT2D eigenvalue weighted by atomic mass is 10.1. The summed E-state index contributed by atoms with van der Waals surface area (Å²) in [4.78, 5) is 0. The summed E-state index contributed by atoms with van der Waals surface area (Å²) in [5, 5.41) is 10.1. The highest BCUT2D eigenvalue weighted by molar-refractivity contribution is 5.79. The summed E-state index contributed by atoms with van der Waals surface area (Å²) in [6.45, 7) is 2.14. The lowest BCUT2D eigenvalue weighted by Crippen LogP contribution is -1.80. The molecule has 0 aliphatic heterocycles. The van der Waals surface area contributed by atoms with Gasteiger partial charge in [-0.05, 0) is 18.1 Å². The van der Waals surface area contributed by atoms with Crippen molar-refractivity contribution in [1.29, 1.82) is 0 Å². The summed E-state index contributed by atoms with van der Waals surface area (Å²) in [5.41, 5.74) is 2.02. The van der Waals surface area contributed by atoms with E-state index < -0.39 is 0 Å². The minimum Gasteiger partial charge on any atom is -0.481 e. The molecule has 1 aromatic carbocycles. The SMILES string of the molecule is CCCc1ccc2cc(O)oc2c1. The average Bonchev–Trinajstić information content (AvgIpc) is 2.44. The third-order valence-electron chi connectivity index (χ3n) is 2.11. The van der Waals surface area contributed by atoms with Crippen LogP contribution in [0.4, 0.5) is 0 Å². The molecule has 1 N–H and O–H groups in total. The minimum absolute atomic E-state index is 0.0105. The van der Waals surface area contributed by atoms with Crippen LogP contribution in [0.3, 0.4) is 0 Å². The summed E-state index contributed by atoms with van der Waals surface area (Å²) in [6, 6.07) is 7.66. The Morgan fingerprint density at radius 2 is 2.15 bits per heavy atom. The van der Waals surface area contributed by atoms with Crippen LogP contribution in [0.2, 0.25) is 0 Å². The predicted octanol–water partition coefficient (Wildman–Crippen LogP) is 3.09. The first kappa shape index (κ1) is 8.17. The number of aryl methyl sites for hydroxylation is 1. The van der Waals surface area contributed by atoms with Crippen molar-refractivity contribution in [3.63, 3.8) is 0 Å². The van der Waals surface area contributed by atoms with Crippen LogP contribution in [-0.4, -0.2) is 5.11 Å². The molecule has 2 rings (SSSR count). The van der Waals surface area contributed by atoms with Crippen molar-refractivity contribution in [2.45, 2.75) is 19.8 Å². The van der Waals surface area contributed by atoms with Gasteiger partial charge in [0.1, 0.15) is 5.58 Å². The van der Waals surface area contributed by atoms with E-state index >= 15 is 0 Å². The van der Waals surface area contributed by atoms with Crippen LogP contribution in [0.15, 0.2) is 28.7 Å². The highest BCUT2D eigenvalue weighted by atomic mass is 16.5. The second kappa shape index (κ2) is 3.13. The lowest BCUT2D eigenvalue weighted by Gasteiger charge is -1.96. The lowest BCUT2D eigenvalue weighted by molar-refractivity contribution is 0.346. The third-order valence-corrected chi connectivity index (χ3v) is 2.11. The Labute approximate surface area is 76.8 Å². The van der Waals surface area contributed by atoms with Gasteiger partial charge in [-0.1, -0.05) is 25.5 Å². The van der Waals surface area contributed by atoms with Crippen LogP contribution in [-0.2, 0) is 6.42 Å². The van der Waals surface area contributed by atoms with Crippen molar-refractivity contribution in [2.75, 3.05) is 0 Å². The summed E-state index contributed by atoms with van der Waals surface area (Å²) in [6.07, 6.45) is 2.18. The fourth-order valence-corrected chi connectivity index (χ4v) is 1.51. The molecule has 2 heteroatoms. The zero-order chi connectivity index (χ0) is 9.26. The van der Waals surface area contributed by atoms with E-state index in [1.165, 1.54) is 5.56 Å². The number of hydrogen-bond acceptors (Lipinski definition) is 2. The molecule has 0 bridgehead atoms. The molecule has 0 amide bonds. The fraction of sp³-hybridized carbons (Fsp3) is 0.273. The predicted molar refractivity (Wildman–Crippen MR) is 51.9 cm³/mol. The van der Waals surface area contributed by atoms with Crippen LogP contribution in [0.25, 0.3) is 11.0 Å². The summed E-state index contributed by atoms with van der Waals surface area (Å²) in [7, 11) is 0. The van der Waals surface area contributed by atoms with Gasteiger partial charge in [-0.15, -0.1) is 0 Å². The van der Waals surface area contributed by atoms with Crippen LogP contribution >= 0.6 is 0 Å². The molecule has 68 valence electrons. The van der Waals surface area contributed by atoms with Gasteiger partial charge in [0.15, 0.2) is 0 Å². The minimum atomic E-state index is -0.0105. The van der Waals surface area contributed by atoms with Crippen molar-refractivity contribution < 1.29 is 9.52 Å². The summed E-state index contributed by atoms with van der Waals surface area (Å²) in [5.74, 6) is -0.0105. The second-order valence-electron chi connectivity index (χ2n) is 3.21. The van der Waals surface area contributed by atoms with Gasteiger partial charge in [0.25, 0.3) is 5.95 Å². The monoisotopic (exact) mass is 176 g/mol. The molecule has 0 fully saturated rings. The van der Waals surface area contributed by atoms with Gasteiger partial charge in [0.05, 0.1) is 0 Å². The van der Waals surface area contributed by atoms with Gasteiger partial charge in [0, 0.05) is 11.5 Å². The van der Waals surface area contributed by atoms with Gasteiger partial charge in [0.2, 0.25) is 0 Å². The van der Waals surface area contributed by atoms with Crippen molar-refractivity contribution in [3.05, 3.63) is 29.8 Å². The number of benzene rings is 1. The Hall–Kier alpha value is -1.44. The third kappa shape index (κ3) is 1.52. The zero-order valence-corrected chi connectivity index (χ0v) is 7.58. The Bertz CT molecular complexity index is 415. The van der Waals surface area contributed by atoms with Gasteiger partial charge >= 0.3 is 0 Å². The zero-order valence-electron chi connectivity index (χ0n) is 7.58. The maximum atomic E-state index is 9.11. The van der Waals surface area contributed by atoms with Gasteiger partial charge in [-0.2, -0.15) is 0 Å². The highest BCUT2D eigenvalue weighted by Crippen LogP contribution is 2.24. The van der Waals surface area contributed by atoms with Crippen LogP contribution in [0.1, 0.15) is 18.9 Å². The quantitative estimate of drug-likeness (QED) is 0.762. The molecule has 2 nitrogen and oxygen atoms in total. The van der Waals surface area contributed by atoms with Crippen LogP contribution in [0.5, 0.6) is 5.95 Å². The molecular weight excluding hydrogens is 164 g/mol. The van der Waals surface area contributed by atoms with E-state index in [1.54, 1.807) is 6.07 Å². The van der Waals surface area contributed by atoms with Crippen LogP contribution < -0.4 is 0 Å². The number of rotatable bonds is 2. The molecule has 1 heterocycles. The molecule has 0 atom stereocenters. The molecule has 0 saturated heterocycles. The molecule has 0 saturated carbocycles. The number of fused-ring (bicyclic) bond motifs is 1. The van der Waals surface area contributed by atoms with Crippen molar-refractivity contribution in [1.82, 2.24) is 0 Å². The molecule has 2 aromatic rings. The van der Waals surface area contributed by atoms with E-state index in [9.17, 15) is 0 Å². The molecule has 13 heavy (non-hydrogen) atoms. The van der Waals surface area contributed by atoms with Crippen molar-refractivity contribution in [2.24, 2.45) is 0 Å². The van der Waals surface area contributed by atoms with Gasteiger partial charge in [-0.25, -0.2) is 0 Å². The van der Waals surface area contributed by atoms with E-state index in [0.717, 1.165) is 23.8 Å². The molecule has 0 radical (unpaired) electrons. The molecule has 0 unspecified atom stereocenters. The Balaban J connectivity index is 2.48. The van der Waals surface area contributed by atoms with E-state index in [4.69, 9.17) is 9.52 Å². The Morgan fingerprint density at radius 3 is 2.92 bits per heavy atom. The first-order chi connectivity index (χ1) is 6.29. The Kier molecular flexibility index (Phi) is 1.97. The molecule has 0 aliphatic carbocycles. The number of furan rings is 1. The molecule has 1 aromatic heterocycles. The second-order valence-corrected chi connectivity index (χ2v) is 3.21. The van der Waals surface area contributed by atoms with Crippen molar-refractivity contribution >= 4 is 11.0 Å². The summed E-state index contributed by atoms with van der Waals surface area (Å²) < 4.78 is 5.11. The smallest absolute Gasteiger partial charge is 0.282 e. The normalized spacial score (nSPS) is 10.8. The molecule has 0 aliphatic rings. The first-order valence-corrected chi connectivity index (χ1v) is 4.51. The molecule has 0 spiro atoms.